The van der Waals surface area contributed by atoms with E-state index in [-0.39, 0.29) is 43.2 Å². The smallest absolute Gasteiger partial charge is 0.237 e. The first-order chi connectivity index (χ1) is 9.41. The molecule has 2 atom stereocenters. The summed E-state index contributed by atoms with van der Waals surface area (Å²) in [5, 5.41) is 2.75. The zero-order chi connectivity index (χ0) is 15.1. The number of nitrogens with one attached hydrogen (secondary N) is 1. The third-order valence-corrected chi connectivity index (χ3v) is 3.04. The van der Waals surface area contributed by atoms with Crippen LogP contribution in [0.25, 0.3) is 0 Å². The molecule has 0 saturated heterocycles. The van der Waals surface area contributed by atoms with E-state index in [0.29, 0.717) is 6.54 Å². The lowest BCUT2D eigenvalue weighted by Gasteiger charge is -2.25. The number of carbonyl (C=O) groups is 2. The molecule has 0 spiro atoms. The van der Waals surface area contributed by atoms with Crippen LogP contribution in [0.5, 0.6) is 0 Å². The fourth-order valence-corrected chi connectivity index (χ4v) is 1.91. The van der Waals surface area contributed by atoms with Crippen molar-refractivity contribution in [2.75, 3.05) is 20.6 Å². The number of hydrogen-bond donors (Lipinski definition) is 3. The first kappa shape index (κ1) is 22.9. The van der Waals surface area contributed by atoms with E-state index in [0.717, 1.165) is 5.56 Å². The molecule has 2 unspecified atom stereocenters. The Morgan fingerprint density at radius 1 is 1.18 bits per heavy atom. The van der Waals surface area contributed by atoms with Crippen LogP contribution in [0, 0.1) is 0 Å². The molecule has 0 bridgehead atoms. The van der Waals surface area contributed by atoms with Gasteiger partial charge < -0.3 is 21.7 Å². The molecule has 0 aromatic heterocycles. The van der Waals surface area contributed by atoms with E-state index in [4.69, 9.17) is 11.5 Å². The fraction of sp³-hybridized carbons (Fsp3) is 0.429. The molecule has 0 aliphatic rings. The van der Waals surface area contributed by atoms with Crippen LogP contribution >= 0.6 is 24.8 Å². The average Bonchev–Trinajstić information content (AvgIpc) is 2.38. The van der Waals surface area contributed by atoms with Gasteiger partial charge in [-0.3, -0.25) is 9.59 Å². The number of rotatable bonds is 7. The van der Waals surface area contributed by atoms with Crippen molar-refractivity contribution in [2.24, 2.45) is 11.5 Å². The van der Waals surface area contributed by atoms with Crippen molar-refractivity contribution in [3.63, 3.8) is 0 Å². The van der Waals surface area contributed by atoms with E-state index in [2.05, 4.69) is 5.32 Å². The summed E-state index contributed by atoms with van der Waals surface area (Å²) < 4.78 is 0. The van der Waals surface area contributed by atoms with Gasteiger partial charge in [-0.25, -0.2) is 0 Å². The highest BCUT2D eigenvalue weighted by molar-refractivity contribution is 5.87. The summed E-state index contributed by atoms with van der Waals surface area (Å²) in [4.78, 5) is 24.5. The Bertz CT molecular complexity index is 457. The molecule has 1 aromatic rings. The van der Waals surface area contributed by atoms with Crippen LogP contribution in [0.1, 0.15) is 18.0 Å². The second-order valence-corrected chi connectivity index (χ2v) is 4.91. The molecular weight excluding hydrogens is 327 g/mol. The Morgan fingerprint density at radius 2 is 1.73 bits per heavy atom. The molecule has 6 nitrogen and oxygen atoms in total. The predicted molar refractivity (Wildman–Crippen MR) is 92.2 cm³/mol. The maximum absolute atomic E-state index is 11.8. The van der Waals surface area contributed by atoms with E-state index in [1.807, 2.05) is 49.3 Å². The number of halogens is 2. The third kappa shape index (κ3) is 7.61. The van der Waals surface area contributed by atoms with Gasteiger partial charge in [-0.2, -0.15) is 0 Å². The van der Waals surface area contributed by atoms with Crippen molar-refractivity contribution < 1.29 is 9.59 Å². The molecule has 1 rings (SSSR count). The number of primary amides is 1. The summed E-state index contributed by atoms with van der Waals surface area (Å²) in [7, 11) is 3.88. The lowest BCUT2D eigenvalue weighted by Crippen LogP contribution is -2.45. The molecule has 126 valence electrons. The van der Waals surface area contributed by atoms with Crippen LogP contribution in [0.15, 0.2) is 30.3 Å². The molecular formula is C14H24Cl2N4O2. The maximum Gasteiger partial charge on any atom is 0.237 e. The van der Waals surface area contributed by atoms with Gasteiger partial charge in [0, 0.05) is 6.54 Å². The number of nitrogens with two attached hydrogens (primary N) is 2. The minimum Gasteiger partial charge on any atom is -0.370 e. The highest BCUT2D eigenvalue weighted by atomic mass is 35.5. The van der Waals surface area contributed by atoms with E-state index in [1.165, 1.54) is 0 Å². The zero-order valence-electron chi connectivity index (χ0n) is 12.7. The summed E-state index contributed by atoms with van der Waals surface area (Å²) in [5.41, 5.74) is 11.7. The Hall–Kier alpha value is -1.34. The highest BCUT2D eigenvalue weighted by Crippen LogP contribution is 2.16. The molecule has 2 amide bonds. The second-order valence-electron chi connectivity index (χ2n) is 4.91. The number of nitrogens with zero attached hydrogens (tertiary/aromatic N) is 1. The van der Waals surface area contributed by atoms with Gasteiger partial charge in [0.25, 0.3) is 0 Å². The third-order valence-electron chi connectivity index (χ3n) is 3.04. The summed E-state index contributed by atoms with van der Waals surface area (Å²) in [6, 6.07) is 8.99. The van der Waals surface area contributed by atoms with E-state index >= 15 is 0 Å². The van der Waals surface area contributed by atoms with Gasteiger partial charge in [0.1, 0.15) is 0 Å². The van der Waals surface area contributed by atoms with Crippen LogP contribution in [-0.2, 0) is 9.59 Å². The number of carbonyl (C=O) groups excluding carboxylic acids is 2. The topological polar surface area (TPSA) is 101 Å². The number of amides is 2. The van der Waals surface area contributed by atoms with Gasteiger partial charge in [-0.15, -0.1) is 24.8 Å². The largest absolute Gasteiger partial charge is 0.370 e. The zero-order valence-corrected chi connectivity index (χ0v) is 14.3. The summed E-state index contributed by atoms with van der Waals surface area (Å²) in [6.07, 6.45) is -0.149. The first-order valence-electron chi connectivity index (χ1n) is 6.44. The van der Waals surface area contributed by atoms with Gasteiger partial charge in [-0.05, 0) is 19.7 Å². The second kappa shape index (κ2) is 11.3. The standard InChI is InChI=1S/C14H22N4O2.2ClH/c1-18(2)12(10-6-4-3-5-7-10)9-17-14(20)11(15)8-13(16)19;;/h3-7,11-12H,8-9,15H2,1-2H3,(H2,16,19)(H,17,20);2*1H. The molecule has 0 saturated carbocycles. The maximum atomic E-state index is 11.8. The molecule has 0 heterocycles. The fourth-order valence-electron chi connectivity index (χ4n) is 1.91. The van der Waals surface area contributed by atoms with E-state index in [9.17, 15) is 9.59 Å². The number of hydrogen-bond acceptors (Lipinski definition) is 4. The number of benzene rings is 1. The van der Waals surface area contributed by atoms with Crippen molar-refractivity contribution in [1.29, 1.82) is 0 Å². The Kier molecular flexibility index (Phi) is 11.7. The summed E-state index contributed by atoms with van der Waals surface area (Å²) in [5.74, 6) is -0.952. The summed E-state index contributed by atoms with van der Waals surface area (Å²) in [6.45, 7) is 0.419. The van der Waals surface area contributed by atoms with Gasteiger partial charge in [0.2, 0.25) is 11.8 Å². The molecule has 0 aliphatic heterocycles. The van der Waals surface area contributed by atoms with Crippen molar-refractivity contribution >= 4 is 36.6 Å². The first-order valence-corrected chi connectivity index (χ1v) is 6.44. The number of likely N-dealkylation sites (N-methyl/N-ethyl adjacent to an activating group) is 1. The SMILES string of the molecule is CN(C)C(CNC(=O)C(N)CC(N)=O)c1ccccc1.Cl.Cl. The van der Waals surface area contributed by atoms with Gasteiger partial charge >= 0.3 is 0 Å². The van der Waals surface area contributed by atoms with Crippen molar-refractivity contribution in [2.45, 2.75) is 18.5 Å². The lowest BCUT2D eigenvalue weighted by atomic mass is 10.1. The predicted octanol–water partition coefficient (Wildman–Crippen LogP) is 0.452. The molecule has 22 heavy (non-hydrogen) atoms. The molecule has 0 fully saturated rings. The molecule has 5 N–H and O–H groups in total. The molecule has 0 aliphatic carbocycles. The normalized spacial score (nSPS) is 12.5. The van der Waals surface area contributed by atoms with Crippen molar-refractivity contribution in [3.8, 4) is 0 Å². The summed E-state index contributed by atoms with van der Waals surface area (Å²) >= 11 is 0. The van der Waals surface area contributed by atoms with Crippen LogP contribution < -0.4 is 16.8 Å². The van der Waals surface area contributed by atoms with Crippen LogP contribution in [-0.4, -0.2) is 43.4 Å². The van der Waals surface area contributed by atoms with Crippen molar-refractivity contribution in [1.82, 2.24) is 10.2 Å². The van der Waals surface area contributed by atoms with Crippen LogP contribution in [0.4, 0.5) is 0 Å². The van der Waals surface area contributed by atoms with Crippen molar-refractivity contribution in [3.05, 3.63) is 35.9 Å². The molecule has 0 radical (unpaired) electrons. The quantitative estimate of drug-likeness (QED) is 0.664. The Labute approximate surface area is 143 Å². The average molecular weight is 351 g/mol. The van der Waals surface area contributed by atoms with Gasteiger partial charge in [0.05, 0.1) is 18.5 Å². The molecule has 8 heteroatoms. The highest BCUT2D eigenvalue weighted by Gasteiger charge is 2.19. The van der Waals surface area contributed by atoms with Crippen LogP contribution in [0.2, 0.25) is 0 Å². The minimum absolute atomic E-state index is 0. The Morgan fingerprint density at radius 3 is 2.18 bits per heavy atom. The van der Waals surface area contributed by atoms with Gasteiger partial charge in [0.15, 0.2) is 0 Å². The van der Waals surface area contributed by atoms with E-state index in [1.54, 1.807) is 0 Å². The lowest BCUT2D eigenvalue weighted by molar-refractivity contribution is -0.126. The minimum atomic E-state index is -0.897. The van der Waals surface area contributed by atoms with E-state index < -0.39 is 11.9 Å². The van der Waals surface area contributed by atoms with Crippen LogP contribution in [0.3, 0.4) is 0 Å². The monoisotopic (exact) mass is 350 g/mol. The van der Waals surface area contributed by atoms with Gasteiger partial charge in [-0.1, -0.05) is 30.3 Å². The molecule has 1 aromatic carbocycles. The Balaban J connectivity index is 0.